The van der Waals surface area contributed by atoms with Gasteiger partial charge in [0.1, 0.15) is 0 Å². The summed E-state index contributed by atoms with van der Waals surface area (Å²) in [5.41, 5.74) is 0. The molecular formula is C10H14INO3S. The Bertz CT molecular complexity index is 442. The Morgan fingerprint density at radius 1 is 1.38 bits per heavy atom. The maximum atomic E-state index is 12.0. The molecule has 1 N–H and O–H groups in total. The summed E-state index contributed by atoms with van der Waals surface area (Å²) in [4.78, 5) is 0.246. The zero-order valence-electron chi connectivity index (χ0n) is 9.09. The molecule has 0 aliphatic heterocycles. The lowest BCUT2D eigenvalue weighted by Crippen LogP contribution is -2.33. The van der Waals surface area contributed by atoms with Crippen LogP contribution in [-0.4, -0.2) is 37.5 Å². The topological polar surface area (TPSA) is 57.6 Å². The molecule has 0 aliphatic carbocycles. The molecule has 4 nitrogen and oxygen atoms in total. The molecule has 1 aromatic rings. The normalized spacial score (nSPS) is 14.1. The molecule has 1 rings (SSSR count). The Hall–Kier alpha value is -0.180. The van der Waals surface area contributed by atoms with E-state index in [4.69, 9.17) is 5.11 Å². The van der Waals surface area contributed by atoms with Crippen molar-refractivity contribution in [3.63, 3.8) is 0 Å². The predicted molar refractivity (Wildman–Crippen MR) is 70.7 cm³/mol. The maximum absolute atomic E-state index is 12.0. The minimum Gasteiger partial charge on any atom is -0.392 e. The molecule has 0 saturated carbocycles. The molecule has 0 radical (unpaired) electrons. The lowest BCUT2D eigenvalue weighted by molar-refractivity contribution is 0.171. The summed E-state index contributed by atoms with van der Waals surface area (Å²) in [5.74, 6) is 0. The van der Waals surface area contributed by atoms with Crippen molar-refractivity contribution >= 4 is 32.6 Å². The number of halogens is 1. The summed E-state index contributed by atoms with van der Waals surface area (Å²) >= 11 is 2.11. The highest BCUT2D eigenvalue weighted by atomic mass is 127. The first-order chi connectivity index (χ1) is 7.34. The fraction of sp³-hybridized carbons (Fsp3) is 0.400. The molecule has 0 fully saturated rings. The Morgan fingerprint density at radius 3 is 2.31 bits per heavy atom. The molecule has 1 atom stereocenters. The molecule has 1 aromatic carbocycles. The third-order valence-electron chi connectivity index (χ3n) is 2.04. The minimum absolute atomic E-state index is 0.0916. The van der Waals surface area contributed by atoms with Crippen molar-refractivity contribution in [1.82, 2.24) is 4.31 Å². The first kappa shape index (κ1) is 13.9. The van der Waals surface area contributed by atoms with E-state index in [1.807, 2.05) is 0 Å². The fourth-order valence-corrected chi connectivity index (χ4v) is 2.87. The van der Waals surface area contributed by atoms with E-state index in [-0.39, 0.29) is 11.4 Å². The predicted octanol–water partition coefficient (Wildman–Crippen LogP) is 1.29. The van der Waals surface area contributed by atoms with Gasteiger partial charge in [-0.2, -0.15) is 4.31 Å². The van der Waals surface area contributed by atoms with Gasteiger partial charge in [0.25, 0.3) is 0 Å². The number of hydrogen-bond acceptors (Lipinski definition) is 3. The van der Waals surface area contributed by atoms with E-state index in [2.05, 4.69) is 22.6 Å². The lowest BCUT2D eigenvalue weighted by atomic mass is 10.4. The third-order valence-corrected chi connectivity index (χ3v) is 4.60. The van der Waals surface area contributed by atoms with Gasteiger partial charge in [0.15, 0.2) is 0 Å². The highest BCUT2D eigenvalue weighted by Crippen LogP contribution is 2.16. The highest BCUT2D eigenvalue weighted by Gasteiger charge is 2.21. The second-order valence-electron chi connectivity index (χ2n) is 3.59. The van der Waals surface area contributed by atoms with Crippen LogP contribution >= 0.6 is 22.6 Å². The van der Waals surface area contributed by atoms with Crippen LogP contribution in [0.25, 0.3) is 0 Å². The van der Waals surface area contributed by atoms with Crippen molar-refractivity contribution in [3.05, 3.63) is 27.8 Å². The Labute approximate surface area is 109 Å². The van der Waals surface area contributed by atoms with E-state index in [9.17, 15) is 8.42 Å². The van der Waals surface area contributed by atoms with Crippen molar-refractivity contribution in [2.75, 3.05) is 13.6 Å². The number of benzene rings is 1. The molecule has 6 heteroatoms. The third kappa shape index (κ3) is 3.41. The first-order valence-electron chi connectivity index (χ1n) is 4.74. The second kappa shape index (κ2) is 5.44. The summed E-state index contributed by atoms with van der Waals surface area (Å²) in [6.45, 7) is 1.65. The fourth-order valence-electron chi connectivity index (χ4n) is 1.26. The largest absolute Gasteiger partial charge is 0.392 e. The van der Waals surface area contributed by atoms with E-state index < -0.39 is 16.1 Å². The number of aliphatic hydroxyl groups is 1. The van der Waals surface area contributed by atoms with Crippen molar-refractivity contribution in [2.24, 2.45) is 0 Å². The maximum Gasteiger partial charge on any atom is 0.242 e. The number of aliphatic hydroxyl groups excluding tert-OH is 1. The SMILES string of the molecule is CC(O)CN(C)S(=O)(=O)c1ccc(I)cc1. The zero-order valence-corrected chi connectivity index (χ0v) is 12.1. The van der Waals surface area contributed by atoms with Crippen LogP contribution in [0.1, 0.15) is 6.92 Å². The quantitative estimate of drug-likeness (QED) is 0.829. The van der Waals surface area contributed by atoms with Gasteiger partial charge >= 0.3 is 0 Å². The molecular weight excluding hydrogens is 341 g/mol. The average Bonchev–Trinajstić information content (AvgIpc) is 2.17. The van der Waals surface area contributed by atoms with E-state index in [1.54, 1.807) is 31.2 Å². The van der Waals surface area contributed by atoms with E-state index in [0.717, 1.165) is 7.88 Å². The molecule has 0 aromatic heterocycles. The summed E-state index contributed by atoms with van der Waals surface area (Å²) < 4.78 is 26.1. The molecule has 90 valence electrons. The van der Waals surface area contributed by atoms with Gasteiger partial charge in [0.2, 0.25) is 10.0 Å². The lowest BCUT2D eigenvalue weighted by Gasteiger charge is -2.18. The molecule has 0 aliphatic rings. The molecule has 0 amide bonds. The van der Waals surface area contributed by atoms with Crippen molar-refractivity contribution in [2.45, 2.75) is 17.9 Å². The van der Waals surface area contributed by atoms with Gasteiger partial charge in [-0.3, -0.25) is 0 Å². The molecule has 0 heterocycles. The van der Waals surface area contributed by atoms with E-state index in [0.29, 0.717) is 0 Å². The average molecular weight is 355 g/mol. The Morgan fingerprint density at radius 2 is 1.88 bits per heavy atom. The van der Waals surface area contributed by atoms with Crippen LogP contribution in [0.2, 0.25) is 0 Å². The standard InChI is InChI=1S/C10H14INO3S/c1-8(13)7-12(2)16(14,15)10-5-3-9(11)4-6-10/h3-6,8,13H,7H2,1-2H3. The van der Waals surface area contributed by atoms with Crippen molar-refractivity contribution in [3.8, 4) is 0 Å². The first-order valence-corrected chi connectivity index (χ1v) is 7.26. The number of sulfonamides is 1. The van der Waals surface area contributed by atoms with Crippen LogP contribution < -0.4 is 0 Å². The Kier molecular flexibility index (Phi) is 4.72. The molecule has 0 saturated heterocycles. The Balaban J connectivity index is 2.97. The molecule has 16 heavy (non-hydrogen) atoms. The minimum atomic E-state index is -3.48. The van der Waals surface area contributed by atoms with Gasteiger partial charge in [0.05, 0.1) is 11.0 Å². The summed E-state index contributed by atoms with van der Waals surface area (Å²) in [6, 6.07) is 6.61. The van der Waals surface area contributed by atoms with Crippen LogP contribution in [0.3, 0.4) is 0 Å². The van der Waals surface area contributed by atoms with Gasteiger partial charge in [-0.25, -0.2) is 8.42 Å². The smallest absolute Gasteiger partial charge is 0.242 e. The summed E-state index contributed by atoms with van der Waals surface area (Å²) in [5, 5.41) is 9.17. The van der Waals surface area contributed by atoms with Gasteiger partial charge < -0.3 is 5.11 Å². The molecule has 1 unspecified atom stereocenters. The number of hydrogen-bond donors (Lipinski definition) is 1. The monoisotopic (exact) mass is 355 g/mol. The molecule has 0 spiro atoms. The van der Waals surface area contributed by atoms with Crippen LogP contribution in [0.15, 0.2) is 29.2 Å². The number of nitrogens with zero attached hydrogens (tertiary/aromatic N) is 1. The highest BCUT2D eigenvalue weighted by molar-refractivity contribution is 14.1. The van der Waals surface area contributed by atoms with Gasteiger partial charge in [-0.1, -0.05) is 0 Å². The van der Waals surface area contributed by atoms with Gasteiger partial charge in [-0.05, 0) is 53.8 Å². The van der Waals surface area contributed by atoms with Crippen LogP contribution in [0.5, 0.6) is 0 Å². The van der Waals surface area contributed by atoms with Gasteiger partial charge in [0, 0.05) is 17.2 Å². The van der Waals surface area contributed by atoms with Crippen molar-refractivity contribution in [1.29, 1.82) is 0 Å². The number of rotatable bonds is 4. The van der Waals surface area contributed by atoms with Crippen LogP contribution in [-0.2, 0) is 10.0 Å². The van der Waals surface area contributed by atoms with E-state index in [1.165, 1.54) is 7.05 Å². The zero-order chi connectivity index (χ0) is 12.3. The summed E-state index contributed by atoms with van der Waals surface area (Å²) in [7, 11) is -2.02. The molecule has 0 bridgehead atoms. The van der Waals surface area contributed by atoms with Crippen LogP contribution in [0.4, 0.5) is 0 Å². The number of likely N-dealkylation sites (N-methyl/N-ethyl adjacent to an activating group) is 1. The van der Waals surface area contributed by atoms with Crippen LogP contribution in [0, 0.1) is 3.57 Å². The van der Waals surface area contributed by atoms with Gasteiger partial charge in [-0.15, -0.1) is 0 Å². The van der Waals surface area contributed by atoms with Crippen molar-refractivity contribution < 1.29 is 13.5 Å². The van der Waals surface area contributed by atoms with E-state index >= 15 is 0 Å². The summed E-state index contributed by atoms with van der Waals surface area (Å²) in [6.07, 6.45) is -0.677. The second-order valence-corrected chi connectivity index (χ2v) is 6.88.